The normalized spacial score (nSPS) is 18.3. The van der Waals surface area contributed by atoms with Crippen LogP contribution in [0.3, 0.4) is 0 Å². The molecule has 3 aromatic rings. The highest BCUT2D eigenvalue weighted by atomic mass is 32.2. The number of hydrogen-bond donors (Lipinski definition) is 0. The molecule has 0 aliphatic carbocycles. The number of amides is 1. The topological polar surface area (TPSA) is 63.5 Å². The number of morpholine rings is 1. The minimum atomic E-state index is 0.103. The van der Waals surface area contributed by atoms with Crippen molar-refractivity contribution in [3.8, 4) is 5.69 Å². The molecule has 1 unspecified atom stereocenters. The smallest absolute Gasteiger partial charge is 0.237 e. The van der Waals surface area contributed by atoms with Gasteiger partial charge in [-0.1, -0.05) is 42.1 Å². The number of rotatable bonds is 5. The number of para-hydroxylation sites is 1. The van der Waals surface area contributed by atoms with Gasteiger partial charge < -0.3 is 14.5 Å². The number of hydrogen-bond acceptors (Lipinski definition) is 6. The van der Waals surface area contributed by atoms with Crippen molar-refractivity contribution in [3.05, 3.63) is 59.7 Å². The molecule has 3 heterocycles. The molecule has 0 N–H and O–H groups in total. The molecule has 1 amide bonds. The summed E-state index contributed by atoms with van der Waals surface area (Å²) < 4.78 is 7.60. The van der Waals surface area contributed by atoms with Gasteiger partial charge in [0.05, 0.1) is 24.7 Å². The standard InChI is InChI=1S/C25H29N5O2S/c1-18-6-5-8-21(16-18)30-24(28-12-14-32-15-13-28)26-27-25(30)33-17-23(31)29-19(2)10-11-20-7-3-4-9-22(20)29/h3-9,16,19H,10-15,17H2,1-2H3. The van der Waals surface area contributed by atoms with Crippen LogP contribution in [0.5, 0.6) is 0 Å². The van der Waals surface area contributed by atoms with Crippen molar-refractivity contribution in [2.45, 2.75) is 37.9 Å². The molecule has 0 saturated carbocycles. The van der Waals surface area contributed by atoms with E-state index in [1.54, 1.807) is 0 Å². The summed E-state index contributed by atoms with van der Waals surface area (Å²) in [6.45, 7) is 7.10. The molecule has 172 valence electrons. The van der Waals surface area contributed by atoms with Crippen LogP contribution < -0.4 is 9.80 Å². The van der Waals surface area contributed by atoms with Gasteiger partial charge in [-0.05, 0) is 56.0 Å². The highest BCUT2D eigenvalue weighted by Gasteiger charge is 2.29. The molecular formula is C25H29N5O2S. The van der Waals surface area contributed by atoms with Crippen LogP contribution in [0, 0.1) is 6.92 Å². The highest BCUT2D eigenvalue weighted by Crippen LogP contribution is 2.32. The SMILES string of the molecule is Cc1cccc(-n2c(SCC(=O)N3c4ccccc4CCC3C)nnc2N2CCOCC2)c1. The molecule has 5 rings (SSSR count). The average molecular weight is 464 g/mol. The number of aryl methyl sites for hydroxylation is 2. The van der Waals surface area contributed by atoms with Crippen LogP contribution in [0.1, 0.15) is 24.5 Å². The fraction of sp³-hybridized carbons (Fsp3) is 0.400. The lowest BCUT2D eigenvalue weighted by Crippen LogP contribution is -2.43. The average Bonchev–Trinajstić information content (AvgIpc) is 3.27. The Labute approximate surface area is 198 Å². The van der Waals surface area contributed by atoms with E-state index < -0.39 is 0 Å². The van der Waals surface area contributed by atoms with E-state index in [4.69, 9.17) is 4.74 Å². The lowest BCUT2D eigenvalue weighted by Gasteiger charge is -2.35. The number of aromatic nitrogens is 3. The third kappa shape index (κ3) is 4.50. The summed E-state index contributed by atoms with van der Waals surface area (Å²) in [5, 5.41) is 9.76. The lowest BCUT2D eigenvalue weighted by molar-refractivity contribution is -0.116. The number of anilines is 2. The third-order valence-corrected chi connectivity index (χ3v) is 7.20. The van der Waals surface area contributed by atoms with E-state index in [1.165, 1.54) is 22.9 Å². The van der Waals surface area contributed by atoms with Crippen LogP contribution in [0.25, 0.3) is 5.69 Å². The van der Waals surface area contributed by atoms with Crippen molar-refractivity contribution in [3.63, 3.8) is 0 Å². The van der Waals surface area contributed by atoms with Gasteiger partial charge in [0.15, 0.2) is 5.16 Å². The Balaban J connectivity index is 1.42. The Morgan fingerprint density at radius 1 is 1.12 bits per heavy atom. The monoisotopic (exact) mass is 463 g/mol. The van der Waals surface area contributed by atoms with Crippen molar-refractivity contribution in [1.29, 1.82) is 0 Å². The molecular weight excluding hydrogens is 434 g/mol. The molecule has 33 heavy (non-hydrogen) atoms. The van der Waals surface area contributed by atoms with Crippen LogP contribution in [-0.2, 0) is 16.0 Å². The molecule has 0 bridgehead atoms. The van der Waals surface area contributed by atoms with Gasteiger partial charge in [-0.3, -0.25) is 9.36 Å². The van der Waals surface area contributed by atoms with Gasteiger partial charge in [0, 0.05) is 24.8 Å². The van der Waals surface area contributed by atoms with Gasteiger partial charge in [-0.25, -0.2) is 0 Å². The zero-order valence-corrected chi connectivity index (χ0v) is 19.9. The summed E-state index contributed by atoms with van der Waals surface area (Å²) in [5.74, 6) is 1.22. The number of fused-ring (bicyclic) bond motifs is 1. The van der Waals surface area contributed by atoms with Crippen LogP contribution >= 0.6 is 11.8 Å². The number of nitrogens with zero attached hydrogens (tertiary/aromatic N) is 5. The third-order valence-electron chi connectivity index (χ3n) is 6.29. The maximum atomic E-state index is 13.4. The second kappa shape index (κ2) is 9.57. The number of ether oxygens (including phenoxy) is 1. The summed E-state index contributed by atoms with van der Waals surface area (Å²) >= 11 is 1.45. The first-order chi connectivity index (χ1) is 16.1. The molecule has 1 aromatic heterocycles. The largest absolute Gasteiger partial charge is 0.378 e. The molecule has 8 heteroatoms. The molecule has 1 fully saturated rings. The summed E-state index contributed by atoms with van der Waals surface area (Å²) in [4.78, 5) is 17.5. The zero-order valence-electron chi connectivity index (χ0n) is 19.1. The Bertz CT molecular complexity index is 1140. The predicted octanol–water partition coefficient (Wildman–Crippen LogP) is 3.87. The van der Waals surface area contributed by atoms with E-state index in [9.17, 15) is 4.79 Å². The first-order valence-corrected chi connectivity index (χ1v) is 12.5. The van der Waals surface area contributed by atoms with Gasteiger partial charge in [0.2, 0.25) is 11.9 Å². The van der Waals surface area contributed by atoms with Gasteiger partial charge >= 0.3 is 0 Å². The van der Waals surface area contributed by atoms with Crippen LogP contribution in [0.2, 0.25) is 0 Å². The number of carbonyl (C=O) groups excluding carboxylic acids is 1. The Kier molecular flexibility index (Phi) is 6.37. The van der Waals surface area contributed by atoms with E-state index in [-0.39, 0.29) is 11.9 Å². The van der Waals surface area contributed by atoms with Crippen molar-refractivity contribution >= 4 is 29.3 Å². The van der Waals surface area contributed by atoms with Crippen molar-refractivity contribution in [2.75, 3.05) is 41.9 Å². The molecule has 2 aliphatic heterocycles. The highest BCUT2D eigenvalue weighted by molar-refractivity contribution is 7.99. The van der Waals surface area contributed by atoms with E-state index in [2.05, 4.69) is 63.8 Å². The number of carbonyl (C=O) groups is 1. The fourth-order valence-corrected chi connectivity index (χ4v) is 5.39. The van der Waals surface area contributed by atoms with Crippen molar-refractivity contribution in [2.24, 2.45) is 0 Å². The maximum Gasteiger partial charge on any atom is 0.237 e. The number of thioether (sulfide) groups is 1. The van der Waals surface area contributed by atoms with Crippen LogP contribution in [0.15, 0.2) is 53.7 Å². The Morgan fingerprint density at radius 2 is 1.94 bits per heavy atom. The molecule has 7 nitrogen and oxygen atoms in total. The second-order valence-electron chi connectivity index (χ2n) is 8.63. The van der Waals surface area contributed by atoms with E-state index in [1.807, 2.05) is 23.1 Å². The van der Waals surface area contributed by atoms with Gasteiger partial charge in [0.1, 0.15) is 0 Å². The molecule has 1 saturated heterocycles. The molecule has 2 aromatic carbocycles. The minimum Gasteiger partial charge on any atom is -0.378 e. The van der Waals surface area contributed by atoms with Gasteiger partial charge in [-0.15, -0.1) is 10.2 Å². The quantitative estimate of drug-likeness (QED) is 0.535. The second-order valence-corrected chi connectivity index (χ2v) is 9.57. The molecule has 0 spiro atoms. The molecule has 0 radical (unpaired) electrons. The predicted molar refractivity (Wildman–Crippen MR) is 132 cm³/mol. The summed E-state index contributed by atoms with van der Waals surface area (Å²) in [7, 11) is 0. The summed E-state index contributed by atoms with van der Waals surface area (Å²) in [5.41, 5.74) is 4.45. The van der Waals surface area contributed by atoms with Crippen molar-refractivity contribution < 1.29 is 9.53 Å². The van der Waals surface area contributed by atoms with Gasteiger partial charge in [0.25, 0.3) is 0 Å². The maximum absolute atomic E-state index is 13.4. The first kappa shape index (κ1) is 22.0. The minimum absolute atomic E-state index is 0.103. The van der Waals surface area contributed by atoms with E-state index >= 15 is 0 Å². The van der Waals surface area contributed by atoms with Crippen molar-refractivity contribution in [1.82, 2.24) is 14.8 Å². The fourth-order valence-electron chi connectivity index (χ4n) is 4.58. The molecule has 2 aliphatic rings. The first-order valence-electron chi connectivity index (χ1n) is 11.5. The zero-order chi connectivity index (χ0) is 22.8. The number of benzene rings is 2. The Morgan fingerprint density at radius 3 is 2.76 bits per heavy atom. The van der Waals surface area contributed by atoms with Crippen LogP contribution in [-0.4, -0.2) is 58.8 Å². The van der Waals surface area contributed by atoms with Gasteiger partial charge in [-0.2, -0.15) is 0 Å². The summed E-state index contributed by atoms with van der Waals surface area (Å²) in [6.07, 6.45) is 1.99. The summed E-state index contributed by atoms with van der Waals surface area (Å²) in [6, 6.07) is 16.7. The van der Waals surface area contributed by atoms with Crippen LogP contribution in [0.4, 0.5) is 11.6 Å². The van der Waals surface area contributed by atoms with E-state index in [0.717, 1.165) is 48.4 Å². The lowest BCUT2D eigenvalue weighted by atomic mass is 9.97. The molecule has 1 atom stereocenters. The Hall–Kier alpha value is -2.84. The van der Waals surface area contributed by atoms with E-state index in [0.29, 0.717) is 19.0 Å².